The van der Waals surface area contributed by atoms with Crippen molar-refractivity contribution < 1.29 is 19.1 Å². The first-order valence-electron chi connectivity index (χ1n) is 11.3. The lowest BCUT2D eigenvalue weighted by atomic mass is 9.79. The van der Waals surface area contributed by atoms with Crippen molar-refractivity contribution in [3.05, 3.63) is 23.5 Å². The molecular formula is C24H40O4. The van der Waals surface area contributed by atoms with Gasteiger partial charge in [0.25, 0.3) is 0 Å². The van der Waals surface area contributed by atoms with Crippen LogP contribution in [0, 0.1) is 11.8 Å². The number of unbranched alkanes of at least 4 members (excludes halogenated alkanes) is 2. The minimum Gasteiger partial charge on any atom is -0.461 e. The lowest BCUT2D eigenvalue weighted by Gasteiger charge is -2.28. The second-order valence-corrected chi connectivity index (χ2v) is 7.83. The van der Waals surface area contributed by atoms with Crippen molar-refractivity contribution in [2.75, 3.05) is 6.61 Å². The lowest BCUT2D eigenvalue weighted by molar-refractivity contribution is -0.159. The van der Waals surface area contributed by atoms with Gasteiger partial charge in [-0.3, -0.25) is 9.59 Å². The molecule has 1 aliphatic rings. The second kappa shape index (κ2) is 14.4. The van der Waals surface area contributed by atoms with Gasteiger partial charge in [-0.15, -0.1) is 0 Å². The van der Waals surface area contributed by atoms with Crippen LogP contribution in [0.1, 0.15) is 98.3 Å². The van der Waals surface area contributed by atoms with E-state index in [4.69, 9.17) is 9.47 Å². The van der Waals surface area contributed by atoms with Gasteiger partial charge in [0.05, 0.1) is 18.1 Å². The molecule has 0 heterocycles. The predicted octanol–water partition coefficient (Wildman–Crippen LogP) is 6.50. The van der Waals surface area contributed by atoms with Gasteiger partial charge in [0.1, 0.15) is 6.61 Å². The van der Waals surface area contributed by atoms with E-state index in [0.717, 1.165) is 68.9 Å². The predicted molar refractivity (Wildman–Crippen MR) is 114 cm³/mol. The highest BCUT2D eigenvalue weighted by atomic mass is 16.5. The molecular weight excluding hydrogens is 352 g/mol. The first kappa shape index (κ1) is 24.5. The minimum atomic E-state index is -0.383. The maximum atomic E-state index is 12.7. The van der Waals surface area contributed by atoms with Gasteiger partial charge in [-0.2, -0.15) is 0 Å². The highest BCUT2D eigenvalue weighted by Gasteiger charge is 2.37. The Hall–Kier alpha value is -1.58. The van der Waals surface area contributed by atoms with E-state index in [-0.39, 0.29) is 23.8 Å². The molecule has 28 heavy (non-hydrogen) atoms. The first-order valence-corrected chi connectivity index (χ1v) is 11.3. The molecule has 0 aromatic rings. The van der Waals surface area contributed by atoms with Crippen molar-refractivity contribution in [1.29, 1.82) is 0 Å². The Labute approximate surface area is 171 Å². The molecule has 0 aromatic heterocycles. The summed E-state index contributed by atoms with van der Waals surface area (Å²) in [7, 11) is 0. The standard InChI is InChI=1S/C24H40O4/c1-5-9-13-19(7-3)17-27-23(25)21-15-11-12-16-22(21)24(26)28-18-20(8-4)14-10-6-2/h7,18,21-22H,5-6,8-17H2,1-4H3/b19-7+,20-18+. The molecule has 4 nitrogen and oxygen atoms in total. The van der Waals surface area contributed by atoms with Gasteiger partial charge in [0, 0.05) is 0 Å². The molecule has 1 rings (SSSR count). The molecule has 0 N–H and O–H groups in total. The molecule has 0 saturated heterocycles. The summed E-state index contributed by atoms with van der Waals surface area (Å²) in [6.45, 7) is 8.70. The van der Waals surface area contributed by atoms with Gasteiger partial charge in [0.2, 0.25) is 0 Å². The van der Waals surface area contributed by atoms with Crippen LogP contribution < -0.4 is 0 Å². The van der Waals surface area contributed by atoms with E-state index in [0.29, 0.717) is 19.4 Å². The second-order valence-electron chi connectivity index (χ2n) is 7.83. The minimum absolute atomic E-state index is 0.247. The van der Waals surface area contributed by atoms with E-state index in [1.165, 1.54) is 0 Å². The highest BCUT2D eigenvalue weighted by Crippen LogP contribution is 2.32. The number of carbonyl (C=O) groups excluding carboxylic acids is 2. The number of hydrogen-bond donors (Lipinski definition) is 0. The van der Waals surface area contributed by atoms with Gasteiger partial charge in [0.15, 0.2) is 0 Å². The fraction of sp³-hybridized carbons (Fsp3) is 0.750. The molecule has 160 valence electrons. The van der Waals surface area contributed by atoms with Gasteiger partial charge < -0.3 is 9.47 Å². The maximum absolute atomic E-state index is 12.7. The third-order valence-electron chi connectivity index (χ3n) is 5.68. The summed E-state index contributed by atoms with van der Waals surface area (Å²) in [6, 6.07) is 0. The molecule has 4 heteroatoms. The average Bonchev–Trinajstić information content (AvgIpc) is 2.73. The van der Waals surface area contributed by atoms with E-state index < -0.39 is 0 Å². The van der Waals surface area contributed by atoms with Crippen LogP contribution in [0.25, 0.3) is 0 Å². The van der Waals surface area contributed by atoms with E-state index in [2.05, 4.69) is 20.8 Å². The van der Waals surface area contributed by atoms with Crippen LogP contribution in [0.4, 0.5) is 0 Å². The molecule has 1 saturated carbocycles. The number of allylic oxidation sites excluding steroid dienone is 2. The summed E-state index contributed by atoms with van der Waals surface area (Å²) in [5, 5.41) is 0. The largest absolute Gasteiger partial charge is 0.461 e. The van der Waals surface area contributed by atoms with Crippen LogP contribution in [0.3, 0.4) is 0 Å². The van der Waals surface area contributed by atoms with Crippen LogP contribution >= 0.6 is 0 Å². The molecule has 1 aliphatic carbocycles. The van der Waals surface area contributed by atoms with Crippen LogP contribution in [-0.4, -0.2) is 18.5 Å². The fourth-order valence-electron chi connectivity index (χ4n) is 3.62. The Morgan fingerprint density at radius 2 is 1.46 bits per heavy atom. The Balaban J connectivity index is 2.65. The van der Waals surface area contributed by atoms with Crippen molar-refractivity contribution in [3.8, 4) is 0 Å². The molecule has 0 aromatic carbocycles. The number of carbonyl (C=O) groups is 2. The van der Waals surface area contributed by atoms with E-state index >= 15 is 0 Å². The molecule has 0 radical (unpaired) electrons. The third kappa shape index (κ3) is 8.62. The summed E-state index contributed by atoms with van der Waals surface area (Å²) >= 11 is 0. The topological polar surface area (TPSA) is 52.6 Å². The van der Waals surface area contributed by atoms with E-state index in [1.807, 2.05) is 13.0 Å². The zero-order chi connectivity index (χ0) is 20.8. The highest BCUT2D eigenvalue weighted by molar-refractivity contribution is 5.82. The van der Waals surface area contributed by atoms with Crippen molar-refractivity contribution >= 4 is 11.9 Å². The number of rotatable bonds is 12. The van der Waals surface area contributed by atoms with Gasteiger partial charge in [-0.25, -0.2) is 0 Å². The quantitative estimate of drug-likeness (QED) is 0.216. The molecule has 1 fully saturated rings. The van der Waals surface area contributed by atoms with Crippen LogP contribution in [0.2, 0.25) is 0 Å². The summed E-state index contributed by atoms with van der Waals surface area (Å²) < 4.78 is 11.1. The maximum Gasteiger partial charge on any atom is 0.314 e. The summed E-state index contributed by atoms with van der Waals surface area (Å²) in [6.07, 6.45) is 14.2. The Morgan fingerprint density at radius 3 is 2.00 bits per heavy atom. The van der Waals surface area contributed by atoms with Crippen molar-refractivity contribution in [3.63, 3.8) is 0 Å². The summed E-state index contributed by atoms with van der Waals surface area (Å²) in [4.78, 5) is 25.3. The molecule has 0 bridgehead atoms. The molecule has 2 unspecified atom stereocenters. The lowest BCUT2D eigenvalue weighted by Crippen LogP contribution is -2.34. The molecule has 2 atom stereocenters. The normalized spacial score (nSPS) is 20.7. The van der Waals surface area contributed by atoms with Gasteiger partial charge >= 0.3 is 11.9 Å². The van der Waals surface area contributed by atoms with Crippen LogP contribution in [-0.2, 0) is 19.1 Å². The van der Waals surface area contributed by atoms with Crippen molar-refractivity contribution in [2.45, 2.75) is 98.3 Å². The van der Waals surface area contributed by atoms with Gasteiger partial charge in [-0.1, -0.05) is 52.5 Å². The zero-order valence-electron chi connectivity index (χ0n) is 18.4. The number of hydrogen-bond acceptors (Lipinski definition) is 4. The van der Waals surface area contributed by atoms with E-state index in [9.17, 15) is 9.59 Å². The zero-order valence-corrected chi connectivity index (χ0v) is 18.4. The van der Waals surface area contributed by atoms with Crippen LogP contribution in [0.15, 0.2) is 23.5 Å². The number of ether oxygens (including phenoxy) is 2. The summed E-state index contributed by atoms with van der Waals surface area (Å²) in [5.74, 6) is -1.28. The smallest absolute Gasteiger partial charge is 0.314 e. The first-order chi connectivity index (χ1) is 13.6. The van der Waals surface area contributed by atoms with Crippen LogP contribution in [0.5, 0.6) is 0 Å². The third-order valence-corrected chi connectivity index (χ3v) is 5.68. The molecule has 0 aliphatic heterocycles. The average molecular weight is 393 g/mol. The monoisotopic (exact) mass is 392 g/mol. The van der Waals surface area contributed by atoms with Gasteiger partial charge in [-0.05, 0) is 63.0 Å². The van der Waals surface area contributed by atoms with Crippen molar-refractivity contribution in [2.24, 2.45) is 11.8 Å². The molecule has 0 amide bonds. The Kier molecular flexibility index (Phi) is 12.6. The fourth-order valence-corrected chi connectivity index (χ4v) is 3.62. The summed E-state index contributed by atoms with van der Waals surface area (Å²) in [5.41, 5.74) is 2.30. The number of esters is 2. The SMILES string of the molecule is C/C=C(\CCCC)COC(=O)C1CCCCC1C(=O)O/C=C(\CC)CCCC. The Morgan fingerprint density at radius 1 is 0.893 bits per heavy atom. The Bertz CT molecular complexity index is 533. The van der Waals surface area contributed by atoms with Crippen molar-refractivity contribution in [1.82, 2.24) is 0 Å². The molecule has 0 spiro atoms. The van der Waals surface area contributed by atoms with E-state index in [1.54, 1.807) is 6.26 Å².